The Morgan fingerprint density at radius 2 is 2.15 bits per heavy atom. The average Bonchev–Trinajstić information content (AvgIpc) is 2.78. The molecule has 0 saturated carbocycles. The maximum atomic E-state index is 12.3. The van der Waals surface area contributed by atoms with E-state index < -0.39 is 0 Å². The molecule has 0 amide bonds. The molecule has 3 heteroatoms. The number of carbonyl (C=O) groups excluding carboxylic acids is 1. The molecule has 1 unspecified atom stereocenters. The molecular formula is C17H21NO2. The first-order valence-corrected chi connectivity index (χ1v) is 7.46. The molecule has 0 aliphatic carbocycles. The lowest BCUT2D eigenvalue weighted by Crippen LogP contribution is -2.30. The summed E-state index contributed by atoms with van der Waals surface area (Å²) >= 11 is 0. The second-order valence-electron chi connectivity index (χ2n) is 5.88. The highest BCUT2D eigenvalue weighted by Gasteiger charge is 2.19. The first kappa shape index (κ1) is 13.4. The monoisotopic (exact) mass is 271 g/mol. The molecule has 3 rings (SSSR count). The predicted molar refractivity (Wildman–Crippen MR) is 80.0 cm³/mol. The summed E-state index contributed by atoms with van der Waals surface area (Å²) in [5, 5.41) is 1.00. The van der Waals surface area contributed by atoms with Gasteiger partial charge in [0, 0.05) is 5.39 Å². The number of ketones is 1. The van der Waals surface area contributed by atoms with E-state index in [4.69, 9.17) is 4.42 Å². The Morgan fingerprint density at radius 3 is 3.00 bits per heavy atom. The molecule has 1 aliphatic rings. The van der Waals surface area contributed by atoms with Gasteiger partial charge in [0.1, 0.15) is 5.58 Å². The summed E-state index contributed by atoms with van der Waals surface area (Å²) in [6.45, 7) is 4.82. The van der Waals surface area contributed by atoms with Gasteiger partial charge in [0.2, 0.25) is 5.78 Å². The summed E-state index contributed by atoms with van der Waals surface area (Å²) in [4.78, 5) is 14.6. The minimum atomic E-state index is 0.0933. The Kier molecular flexibility index (Phi) is 3.88. The lowest BCUT2D eigenvalue weighted by Gasteiger charge is -2.18. The molecule has 1 aliphatic heterocycles. The van der Waals surface area contributed by atoms with Crippen LogP contribution in [0.4, 0.5) is 0 Å². The van der Waals surface area contributed by atoms with Gasteiger partial charge >= 0.3 is 0 Å². The molecule has 3 nitrogen and oxygen atoms in total. The predicted octanol–water partition coefficient (Wildman–Crippen LogP) is 3.74. The molecule has 1 fully saturated rings. The lowest BCUT2D eigenvalue weighted by molar-refractivity contribution is 0.0907. The van der Waals surface area contributed by atoms with Gasteiger partial charge in [0.05, 0.1) is 6.54 Å². The minimum Gasteiger partial charge on any atom is -0.453 e. The fourth-order valence-electron chi connectivity index (χ4n) is 2.88. The van der Waals surface area contributed by atoms with Crippen molar-refractivity contribution in [3.05, 3.63) is 36.1 Å². The normalized spacial score (nSPS) is 20.9. The Balaban J connectivity index is 1.69. The Labute approximate surface area is 119 Å². The SMILES string of the molecule is CC1CCCN(CC(=O)c2cc3ccccc3o2)CC1. The number of nitrogens with zero attached hydrogens (tertiary/aromatic N) is 1. The highest BCUT2D eigenvalue weighted by atomic mass is 16.3. The van der Waals surface area contributed by atoms with Crippen molar-refractivity contribution in [1.82, 2.24) is 4.90 Å². The van der Waals surface area contributed by atoms with E-state index in [1.165, 1.54) is 19.3 Å². The van der Waals surface area contributed by atoms with E-state index in [9.17, 15) is 4.79 Å². The van der Waals surface area contributed by atoms with Gasteiger partial charge in [-0.05, 0) is 50.4 Å². The number of hydrogen-bond acceptors (Lipinski definition) is 3. The van der Waals surface area contributed by atoms with E-state index >= 15 is 0 Å². The quantitative estimate of drug-likeness (QED) is 0.797. The van der Waals surface area contributed by atoms with Crippen LogP contribution in [-0.2, 0) is 0 Å². The Morgan fingerprint density at radius 1 is 1.30 bits per heavy atom. The average molecular weight is 271 g/mol. The summed E-state index contributed by atoms with van der Waals surface area (Å²) in [5.41, 5.74) is 0.792. The van der Waals surface area contributed by atoms with Crippen LogP contribution in [0.25, 0.3) is 11.0 Å². The van der Waals surface area contributed by atoms with Crippen LogP contribution in [0.3, 0.4) is 0 Å². The largest absolute Gasteiger partial charge is 0.453 e. The van der Waals surface area contributed by atoms with Gasteiger partial charge in [-0.2, -0.15) is 0 Å². The van der Waals surface area contributed by atoms with Crippen molar-refractivity contribution >= 4 is 16.8 Å². The summed E-state index contributed by atoms with van der Waals surface area (Å²) in [6.07, 6.45) is 3.65. The van der Waals surface area contributed by atoms with E-state index in [1.807, 2.05) is 30.3 Å². The first-order valence-electron chi connectivity index (χ1n) is 7.46. The van der Waals surface area contributed by atoms with Gasteiger partial charge in [-0.3, -0.25) is 9.69 Å². The summed E-state index contributed by atoms with van der Waals surface area (Å²) in [7, 11) is 0. The number of rotatable bonds is 3. The molecule has 1 aromatic carbocycles. The van der Waals surface area contributed by atoms with E-state index in [2.05, 4.69) is 11.8 Å². The molecule has 106 valence electrons. The fourth-order valence-corrected chi connectivity index (χ4v) is 2.88. The molecule has 2 heterocycles. The number of carbonyl (C=O) groups is 1. The van der Waals surface area contributed by atoms with Crippen molar-refractivity contribution in [2.75, 3.05) is 19.6 Å². The van der Waals surface area contributed by atoms with Crippen LogP contribution in [0.1, 0.15) is 36.7 Å². The van der Waals surface area contributed by atoms with Crippen LogP contribution < -0.4 is 0 Å². The number of fused-ring (bicyclic) bond motifs is 1. The molecular weight excluding hydrogens is 250 g/mol. The van der Waals surface area contributed by atoms with Gasteiger partial charge in [0.15, 0.2) is 5.76 Å². The third-order valence-electron chi connectivity index (χ3n) is 4.18. The second kappa shape index (κ2) is 5.80. The van der Waals surface area contributed by atoms with E-state index in [1.54, 1.807) is 0 Å². The topological polar surface area (TPSA) is 33.5 Å². The van der Waals surface area contributed by atoms with Crippen molar-refractivity contribution < 1.29 is 9.21 Å². The van der Waals surface area contributed by atoms with E-state index in [-0.39, 0.29) is 5.78 Å². The Bertz CT molecular complexity index is 569. The maximum absolute atomic E-state index is 12.3. The standard InChI is InChI=1S/C17H21NO2/c1-13-5-4-9-18(10-8-13)12-15(19)17-11-14-6-2-3-7-16(14)20-17/h2-3,6-7,11,13H,4-5,8-10,12H2,1H3. The molecule has 0 bridgehead atoms. The molecule has 1 aromatic heterocycles. The smallest absolute Gasteiger partial charge is 0.211 e. The van der Waals surface area contributed by atoms with Crippen LogP contribution in [0.2, 0.25) is 0 Å². The molecule has 0 radical (unpaired) electrons. The van der Waals surface area contributed by atoms with Crippen molar-refractivity contribution in [2.24, 2.45) is 5.92 Å². The number of benzene rings is 1. The van der Waals surface area contributed by atoms with Gasteiger partial charge in [-0.15, -0.1) is 0 Å². The molecule has 1 saturated heterocycles. The van der Waals surface area contributed by atoms with Crippen molar-refractivity contribution in [2.45, 2.75) is 26.2 Å². The first-order chi connectivity index (χ1) is 9.72. The van der Waals surface area contributed by atoms with Crippen molar-refractivity contribution in [3.8, 4) is 0 Å². The minimum absolute atomic E-state index is 0.0933. The highest BCUT2D eigenvalue weighted by Crippen LogP contribution is 2.20. The van der Waals surface area contributed by atoms with Crippen LogP contribution in [-0.4, -0.2) is 30.3 Å². The maximum Gasteiger partial charge on any atom is 0.211 e. The van der Waals surface area contributed by atoms with E-state index in [0.29, 0.717) is 12.3 Å². The molecule has 0 spiro atoms. The third-order valence-corrected chi connectivity index (χ3v) is 4.18. The molecule has 20 heavy (non-hydrogen) atoms. The second-order valence-corrected chi connectivity index (χ2v) is 5.88. The van der Waals surface area contributed by atoms with Gasteiger partial charge in [-0.25, -0.2) is 0 Å². The van der Waals surface area contributed by atoms with Crippen LogP contribution >= 0.6 is 0 Å². The molecule has 1 atom stereocenters. The summed E-state index contributed by atoms with van der Waals surface area (Å²) in [6, 6.07) is 9.62. The third kappa shape index (κ3) is 2.93. The molecule has 2 aromatic rings. The summed E-state index contributed by atoms with van der Waals surface area (Å²) in [5.74, 6) is 1.36. The number of para-hydroxylation sites is 1. The van der Waals surface area contributed by atoms with Gasteiger partial charge in [0.25, 0.3) is 0 Å². The number of furan rings is 1. The zero-order chi connectivity index (χ0) is 13.9. The van der Waals surface area contributed by atoms with Crippen LogP contribution in [0.5, 0.6) is 0 Å². The van der Waals surface area contributed by atoms with Gasteiger partial charge < -0.3 is 4.42 Å². The Hall–Kier alpha value is -1.61. The number of hydrogen-bond donors (Lipinski definition) is 0. The van der Waals surface area contributed by atoms with Crippen molar-refractivity contribution in [1.29, 1.82) is 0 Å². The zero-order valence-corrected chi connectivity index (χ0v) is 12.0. The highest BCUT2D eigenvalue weighted by molar-refractivity contribution is 5.98. The zero-order valence-electron chi connectivity index (χ0n) is 12.0. The van der Waals surface area contributed by atoms with Crippen LogP contribution in [0.15, 0.2) is 34.7 Å². The van der Waals surface area contributed by atoms with E-state index in [0.717, 1.165) is 30.0 Å². The lowest BCUT2D eigenvalue weighted by atomic mass is 10.0. The molecule has 0 N–H and O–H groups in total. The van der Waals surface area contributed by atoms with Gasteiger partial charge in [-0.1, -0.05) is 25.1 Å². The fraction of sp³-hybridized carbons (Fsp3) is 0.471. The number of likely N-dealkylation sites (tertiary alicyclic amines) is 1. The van der Waals surface area contributed by atoms with Crippen LogP contribution in [0, 0.1) is 5.92 Å². The summed E-state index contributed by atoms with van der Waals surface area (Å²) < 4.78 is 5.65. The number of Topliss-reactive ketones (excluding diaryl/α,β-unsaturated/α-hetero) is 1. The van der Waals surface area contributed by atoms with Crippen molar-refractivity contribution in [3.63, 3.8) is 0 Å².